The summed E-state index contributed by atoms with van der Waals surface area (Å²) in [5.74, 6) is 0. The maximum Gasteiger partial charge on any atom is 0.0552 e. The lowest BCUT2D eigenvalue weighted by Crippen LogP contribution is -2.19. The average Bonchev–Trinajstić information content (AvgIpc) is 3.16. The molecule has 2 heterocycles. The number of nitrogens with zero attached hydrogens (tertiary/aromatic N) is 2. The van der Waals surface area contributed by atoms with Gasteiger partial charge in [0.25, 0.3) is 0 Å². The predicted molar refractivity (Wildman–Crippen MR) is 135 cm³/mol. The fourth-order valence-corrected chi connectivity index (χ4v) is 5.56. The Labute approximate surface area is 188 Å². The molecule has 1 aromatic heterocycles. The third-order valence-corrected chi connectivity index (χ3v) is 6.97. The molecule has 3 heteroatoms. The monoisotopic (exact) mass is 422 g/mol. The maximum absolute atomic E-state index is 2.38. The molecule has 6 rings (SSSR count). The Morgan fingerprint density at radius 1 is 0.548 bits per heavy atom. The number of benzene rings is 4. The molecule has 1 aliphatic rings. The summed E-state index contributed by atoms with van der Waals surface area (Å²) in [4.78, 5) is 5.08. The second-order valence-electron chi connectivity index (χ2n) is 7.56. The summed E-state index contributed by atoms with van der Waals surface area (Å²) < 4.78 is 2.37. The Morgan fingerprint density at radius 2 is 1.00 bits per heavy atom. The Morgan fingerprint density at radius 3 is 1.48 bits per heavy atom. The summed E-state index contributed by atoms with van der Waals surface area (Å²) in [6.07, 6.45) is 0. The van der Waals surface area contributed by atoms with Gasteiger partial charge in [0.2, 0.25) is 0 Å². The van der Waals surface area contributed by atoms with Gasteiger partial charge in [0.05, 0.1) is 11.4 Å². The normalized spacial score (nSPS) is 12.3. The first-order valence-corrected chi connectivity index (χ1v) is 11.7. The number of fused-ring (bicyclic) bond motifs is 5. The lowest BCUT2D eigenvalue weighted by molar-refractivity contribution is 0.827. The molecule has 0 atom stereocenters. The van der Waals surface area contributed by atoms with Crippen LogP contribution in [-0.2, 0) is 6.54 Å². The largest absolute Gasteiger partial charge is 0.341 e. The molecule has 0 unspecified atom stereocenters. The minimum absolute atomic E-state index is 1.01. The van der Waals surface area contributed by atoms with E-state index in [0.717, 1.165) is 13.1 Å². The van der Waals surface area contributed by atoms with Gasteiger partial charge in [0.15, 0.2) is 0 Å². The SMILES string of the molecule is CCN1c2ccccc2Sc2ccccc21.CCn1c2ccccc2c2ccccc21. The number of hydrogen-bond acceptors (Lipinski definition) is 2. The molecule has 0 aliphatic carbocycles. The summed E-state index contributed by atoms with van der Waals surface area (Å²) in [6.45, 7) is 6.42. The van der Waals surface area contributed by atoms with Crippen molar-refractivity contribution in [2.24, 2.45) is 0 Å². The Balaban J connectivity index is 0.000000132. The first-order valence-electron chi connectivity index (χ1n) is 10.9. The topological polar surface area (TPSA) is 8.17 Å². The summed E-state index contributed by atoms with van der Waals surface area (Å²) in [5.41, 5.74) is 5.32. The highest BCUT2D eigenvalue weighted by Crippen LogP contribution is 2.47. The van der Waals surface area contributed by atoms with Crippen molar-refractivity contribution in [3.63, 3.8) is 0 Å². The van der Waals surface area contributed by atoms with E-state index >= 15 is 0 Å². The van der Waals surface area contributed by atoms with Gasteiger partial charge in [-0.15, -0.1) is 0 Å². The van der Waals surface area contributed by atoms with Crippen LogP contribution in [0.4, 0.5) is 11.4 Å². The summed E-state index contributed by atoms with van der Waals surface area (Å²) in [5, 5.41) is 2.71. The van der Waals surface area contributed by atoms with Crippen LogP contribution in [-0.4, -0.2) is 11.1 Å². The zero-order valence-corrected chi connectivity index (χ0v) is 18.8. The van der Waals surface area contributed by atoms with Gasteiger partial charge in [-0.1, -0.05) is 72.4 Å². The van der Waals surface area contributed by atoms with Crippen molar-refractivity contribution in [2.75, 3.05) is 11.4 Å². The van der Waals surface area contributed by atoms with Gasteiger partial charge < -0.3 is 9.47 Å². The lowest BCUT2D eigenvalue weighted by Gasteiger charge is -2.31. The average molecular weight is 423 g/mol. The highest BCUT2D eigenvalue weighted by atomic mass is 32.2. The summed E-state index contributed by atoms with van der Waals surface area (Å²) in [7, 11) is 0. The third kappa shape index (κ3) is 3.49. The van der Waals surface area contributed by atoms with Gasteiger partial charge in [-0.25, -0.2) is 0 Å². The molecular formula is C28H26N2S. The molecule has 4 aromatic carbocycles. The lowest BCUT2D eigenvalue weighted by atomic mass is 10.2. The third-order valence-electron chi connectivity index (χ3n) is 5.84. The smallest absolute Gasteiger partial charge is 0.0552 e. The standard InChI is InChI=1S/C14H13NS.C14H13N/c1-2-15-11-7-3-5-9-13(11)16-14-10-6-4-8-12(14)15;1-2-15-13-9-5-3-7-11(13)12-8-4-6-10-14(12)15/h3-10H,2H2,1H3;3-10H,2H2,1H3. The van der Waals surface area contributed by atoms with E-state index in [1.807, 2.05) is 11.8 Å². The van der Waals surface area contributed by atoms with Crippen LogP contribution < -0.4 is 4.90 Å². The van der Waals surface area contributed by atoms with Crippen LogP contribution in [0.5, 0.6) is 0 Å². The Bertz CT molecular complexity index is 1250. The number of para-hydroxylation sites is 4. The van der Waals surface area contributed by atoms with Crippen LogP contribution in [0, 0.1) is 0 Å². The summed E-state index contributed by atoms with van der Waals surface area (Å²) >= 11 is 1.86. The van der Waals surface area contributed by atoms with E-state index in [-0.39, 0.29) is 0 Å². The second kappa shape index (κ2) is 8.52. The molecule has 2 nitrogen and oxygen atoms in total. The number of aromatic nitrogens is 1. The van der Waals surface area contributed by atoms with E-state index in [4.69, 9.17) is 0 Å². The Hall–Kier alpha value is -3.17. The van der Waals surface area contributed by atoms with Crippen molar-refractivity contribution in [1.82, 2.24) is 4.57 Å². The molecule has 0 bridgehead atoms. The van der Waals surface area contributed by atoms with Gasteiger partial charge in [-0.3, -0.25) is 0 Å². The van der Waals surface area contributed by atoms with E-state index in [2.05, 4.69) is 120 Å². The first kappa shape index (κ1) is 19.8. The van der Waals surface area contributed by atoms with E-state index in [0.29, 0.717) is 0 Å². The molecule has 5 aromatic rings. The van der Waals surface area contributed by atoms with Crippen molar-refractivity contribution in [1.29, 1.82) is 0 Å². The minimum Gasteiger partial charge on any atom is -0.341 e. The van der Waals surface area contributed by atoms with Gasteiger partial charge in [-0.05, 0) is 50.2 Å². The van der Waals surface area contributed by atoms with Crippen molar-refractivity contribution in [3.8, 4) is 0 Å². The quantitative estimate of drug-likeness (QED) is 0.284. The molecule has 1 aliphatic heterocycles. The van der Waals surface area contributed by atoms with Crippen molar-refractivity contribution < 1.29 is 0 Å². The van der Waals surface area contributed by atoms with Gasteiger partial charge >= 0.3 is 0 Å². The number of anilines is 2. The summed E-state index contributed by atoms with van der Waals surface area (Å²) in [6, 6.07) is 34.4. The fourth-order valence-electron chi connectivity index (χ4n) is 4.47. The van der Waals surface area contributed by atoms with Crippen molar-refractivity contribution in [2.45, 2.75) is 30.2 Å². The first-order chi connectivity index (χ1) is 15.3. The molecule has 0 N–H and O–H groups in total. The van der Waals surface area contributed by atoms with Gasteiger partial charge in [0.1, 0.15) is 0 Å². The minimum atomic E-state index is 1.01. The van der Waals surface area contributed by atoms with E-state index < -0.39 is 0 Å². The Kier molecular flexibility index (Phi) is 5.44. The maximum atomic E-state index is 2.38. The van der Waals surface area contributed by atoms with Crippen LogP contribution in [0.25, 0.3) is 21.8 Å². The van der Waals surface area contributed by atoms with Crippen LogP contribution in [0.15, 0.2) is 107 Å². The van der Waals surface area contributed by atoms with Gasteiger partial charge in [0, 0.05) is 44.7 Å². The zero-order valence-electron chi connectivity index (χ0n) is 18.0. The molecule has 0 saturated heterocycles. The van der Waals surface area contributed by atoms with E-state index in [9.17, 15) is 0 Å². The van der Waals surface area contributed by atoms with Crippen molar-refractivity contribution >= 4 is 44.9 Å². The molecule has 0 amide bonds. The molecule has 0 saturated carbocycles. The molecule has 0 spiro atoms. The molecule has 0 fully saturated rings. The van der Waals surface area contributed by atoms with Crippen LogP contribution >= 0.6 is 11.8 Å². The van der Waals surface area contributed by atoms with Crippen LogP contribution in [0.2, 0.25) is 0 Å². The number of hydrogen-bond donors (Lipinski definition) is 0. The predicted octanol–water partition coefficient (Wildman–Crippen LogP) is 8.12. The molecular weight excluding hydrogens is 396 g/mol. The van der Waals surface area contributed by atoms with Gasteiger partial charge in [-0.2, -0.15) is 0 Å². The molecule has 154 valence electrons. The van der Waals surface area contributed by atoms with Crippen LogP contribution in [0.3, 0.4) is 0 Å². The van der Waals surface area contributed by atoms with E-state index in [1.54, 1.807) is 0 Å². The second-order valence-corrected chi connectivity index (χ2v) is 8.64. The zero-order chi connectivity index (χ0) is 21.2. The molecule has 0 radical (unpaired) electrons. The number of aryl methyl sites for hydroxylation is 1. The van der Waals surface area contributed by atoms with E-state index in [1.165, 1.54) is 43.0 Å². The fraction of sp³-hybridized carbons (Fsp3) is 0.143. The number of rotatable bonds is 2. The highest BCUT2D eigenvalue weighted by molar-refractivity contribution is 7.99. The molecule has 31 heavy (non-hydrogen) atoms. The van der Waals surface area contributed by atoms with Crippen LogP contribution in [0.1, 0.15) is 13.8 Å². The highest BCUT2D eigenvalue weighted by Gasteiger charge is 2.20. The van der Waals surface area contributed by atoms with Crippen molar-refractivity contribution in [3.05, 3.63) is 97.1 Å².